The normalized spacial score (nSPS) is 11.6. The average Bonchev–Trinajstić information content (AvgIpc) is 2.92. The van der Waals surface area contributed by atoms with E-state index in [4.69, 9.17) is 17.5 Å². The first-order valence-electron chi connectivity index (χ1n) is 7.73. The lowest BCUT2D eigenvalue weighted by Gasteiger charge is -2.17. The summed E-state index contributed by atoms with van der Waals surface area (Å²) < 4.78 is 2.13. The molecule has 0 atom stereocenters. The van der Waals surface area contributed by atoms with Gasteiger partial charge in [0.25, 0.3) is 0 Å². The van der Waals surface area contributed by atoms with Crippen molar-refractivity contribution in [1.29, 1.82) is 5.26 Å². The maximum Gasteiger partial charge on any atom is 0.216 e. The summed E-state index contributed by atoms with van der Waals surface area (Å²) in [7, 11) is 1.97. The van der Waals surface area contributed by atoms with Crippen LogP contribution in [0.5, 0.6) is 0 Å². The minimum atomic E-state index is -0.155. The van der Waals surface area contributed by atoms with Gasteiger partial charge < -0.3 is 4.90 Å². The summed E-state index contributed by atoms with van der Waals surface area (Å²) in [4.78, 5) is 2.05. The predicted molar refractivity (Wildman–Crippen MR) is 99.0 cm³/mol. The van der Waals surface area contributed by atoms with Crippen molar-refractivity contribution in [3.05, 3.63) is 40.4 Å². The van der Waals surface area contributed by atoms with Gasteiger partial charge in [-0.2, -0.15) is 20.1 Å². The Hall–Kier alpha value is -2.46. The van der Waals surface area contributed by atoms with Gasteiger partial charge in [0.2, 0.25) is 4.77 Å². The quantitative estimate of drug-likeness (QED) is 0.667. The minimum absolute atomic E-state index is 0.155. The van der Waals surface area contributed by atoms with Gasteiger partial charge in [-0.05, 0) is 29.9 Å². The Bertz CT molecular complexity index is 801. The Kier molecular flexibility index (Phi) is 5.52. The number of aromatic nitrogens is 3. The van der Waals surface area contributed by atoms with Crippen LogP contribution >= 0.6 is 12.2 Å². The van der Waals surface area contributed by atoms with Crippen molar-refractivity contribution in [3.63, 3.8) is 0 Å². The van der Waals surface area contributed by atoms with E-state index < -0.39 is 0 Å². The second-order valence-electron chi connectivity index (χ2n) is 6.58. The topological polar surface area (TPSA) is 73.0 Å². The van der Waals surface area contributed by atoms with Crippen molar-refractivity contribution in [2.45, 2.75) is 32.6 Å². The molecule has 0 fully saturated rings. The number of aromatic amines is 1. The van der Waals surface area contributed by atoms with Gasteiger partial charge in [-0.3, -0.25) is 5.10 Å². The van der Waals surface area contributed by atoms with Crippen LogP contribution in [-0.4, -0.2) is 34.7 Å². The summed E-state index contributed by atoms with van der Waals surface area (Å²) in [5.74, 6) is 0.789. The third kappa shape index (κ3) is 4.30. The molecule has 0 saturated carbocycles. The van der Waals surface area contributed by atoms with Crippen LogP contribution in [0.1, 0.15) is 38.6 Å². The fourth-order valence-corrected chi connectivity index (χ4v) is 2.35. The molecule has 0 unspecified atom stereocenters. The van der Waals surface area contributed by atoms with Gasteiger partial charge in [-0.1, -0.05) is 32.9 Å². The number of benzene rings is 1. The highest BCUT2D eigenvalue weighted by atomic mass is 32.1. The lowest BCUT2D eigenvalue weighted by molar-refractivity contribution is 0.516. The van der Waals surface area contributed by atoms with E-state index in [1.54, 1.807) is 10.9 Å². The van der Waals surface area contributed by atoms with Gasteiger partial charge in [0.1, 0.15) is 0 Å². The van der Waals surface area contributed by atoms with Crippen LogP contribution in [0.2, 0.25) is 0 Å². The maximum absolute atomic E-state index is 8.66. The molecule has 0 spiro atoms. The van der Waals surface area contributed by atoms with Crippen molar-refractivity contribution in [2.24, 2.45) is 5.10 Å². The molecule has 1 aromatic heterocycles. The van der Waals surface area contributed by atoms with Gasteiger partial charge in [0.15, 0.2) is 5.82 Å². The van der Waals surface area contributed by atoms with E-state index in [1.165, 1.54) is 0 Å². The smallest absolute Gasteiger partial charge is 0.216 e. The zero-order chi connectivity index (χ0) is 17.7. The number of nitrogens with zero attached hydrogens (tertiary/aromatic N) is 5. The molecular weight excluding hydrogens is 320 g/mol. The maximum atomic E-state index is 8.66. The summed E-state index contributed by atoms with van der Waals surface area (Å²) in [6, 6.07) is 10.2. The number of anilines is 1. The lowest BCUT2D eigenvalue weighted by atomic mass is 9.96. The molecule has 1 aromatic carbocycles. The fraction of sp³-hybridized carbons (Fsp3) is 0.412. The number of hydrogen-bond acceptors (Lipinski definition) is 5. The number of H-pyrrole nitrogens is 1. The number of nitriles is 1. The van der Waals surface area contributed by atoms with Gasteiger partial charge in [-0.15, -0.1) is 0 Å². The Balaban J connectivity index is 2.18. The summed E-state index contributed by atoms with van der Waals surface area (Å²) in [5.41, 5.74) is 1.88. The molecule has 0 saturated heterocycles. The highest BCUT2D eigenvalue weighted by Crippen LogP contribution is 2.20. The monoisotopic (exact) mass is 342 g/mol. The highest BCUT2D eigenvalue weighted by molar-refractivity contribution is 7.71. The van der Waals surface area contributed by atoms with Crippen LogP contribution in [0.3, 0.4) is 0 Å². The highest BCUT2D eigenvalue weighted by Gasteiger charge is 2.21. The molecule has 2 aromatic rings. The lowest BCUT2D eigenvalue weighted by Crippen LogP contribution is -2.18. The molecule has 0 aliphatic heterocycles. The Morgan fingerprint density at radius 2 is 2.04 bits per heavy atom. The zero-order valence-corrected chi connectivity index (χ0v) is 15.3. The van der Waals surface area contributed by atoms with Crippen LogP contribution in [0.15, 0.2) is 29.4 Å². The second kappa shape index (κ2) is 7.41. The number of hydrogen-bond donors (Lipinski definition) is 1. The first kappa shape index (κ1) is 17.9. The third-order valence-electron chi connectivity index (χ3n) is 3.54. The second-order valence-corrected chi connectivity index (χ2v) is 6.97. The van der Waals surface area contributed by atoms with Gasteiger partial charge in [0, 0.05) is 24.7 Å². The van der Waals surface area contributed by atoms with Crippen LogP contribution in [0.4, 0.5) is 5.69 Å². The van der Waals surface area contributed by atoms with Crippen molar-refractivity contribution in [3.8, 4) is 6.07 Å². The summed E-state index contributed by atoms with van der Waals surface area (Å²) in [6.07, 6.45) is 2.27. The van der Waals surface area contributed by atoms with Gasteiger partial charge in [0.05, 0.1) is 18.7 Å². The van der Waals surface area contributed by atoms with E-state index in [0.29, 0.717) is 17.7 Å². The van der Waals surface area contributed by atoms with E-state index in [9.17, 15) is 0 Å². The molecule has 0 aliphatic rings. The first-order chi connectivity index (χ1) is 11.3. The van der Waals surface area contributed by atoms with Gasteiger partial charge in [-0.25, -0.2) is 0 Å². The van der Waals surface area contributed by atoms with E-state index in [2.05, 4.69) is 42.1 Å². The Morgan fingerprint density at radius 3 is 2.62 bits per heavy atom. The zero-order valence-electron chi connectivity index (χ0n) is 14.4. The van der Waals surface area contributed by atoms with Crippen LogP contribution in [-0.2, 0) is 5.41 Å². The molecule has 126 valence electrons. The SMILES string of the molecule is CN(CCC#N)c1ccc(/C=N\n2c(C(C)(C)C)n[nH]c2=S)cc1. The molecule has 1 N–H and O–H groups in total. The average molecular weight is 342 g/mol. The van der Waals surface area contributed by atoms with Crippen molar-refractivity contribution in [2.75, 3.05) is 18.5 Å². The molecular formula is C17H22N6S. The number of rotatable bonds is 5. The van der Waals surface area contributed by atoms with Crippen LogP contribution in [0.25, 0.3) is 0 Å². The molecule has 0 amide bonds. The molecule has 0 radical (unpaired) electrons. The predicted octanol–water partition coefficient (Wildman–Crippen LogP) is 3.47. The molecule has 1 heterocycles. The van der Waals surface area contributed by atoms with E-state index in [-0.39, 0.29) is 5.41 Å². The van der Waals surface area contributed by atoms with Crippen molar-refractivity contribution < 1.29 is 0 Å². The molecule has 7 heteroatoms. The molecule has 6 nitrogen and oxygen atoms in total. The van der Waals surface area contributed by atoms with Gasteiger partial charge >= 0.3 is 0 Å². The van der Waals surface area contributed by atoms with Crippen LogP contribution < -0.4 is 4.90 Å². The standard InChI is InChI=1S/C17H22N6S/c1-17(2,3)15-20-21-16(24)23(15)19-12-13-6-8-14(9-7-13)22(4)11-5-10-18/h6-9,12H,5,11H2,1-4H3,(H,21,24)/b19-12-. The minimum Gasteiger partial charge on any atom is -0.374 e. The largest absolute Gasteiger partial charge is 0.374 e. The fourth-order valence-electron chi connectivity index (χ4n) is 2.17. The molecule has 0 bridgehead atoms. The molecule has 0 aliphatic carbocycles. The summed E-state index contributed by atoms with van der Waals surface area (Å²) >= 11 is 5.25. The van der Waals surface area contributed by atoms with Crippen LogP contribution in [0, 0.1) is 16.1 Å². The first-order valence-corrected chi connectivity index (χ1v) is 8.14. The molecule has 24 heavy (non-hydrogen) atoms. The summed E-state index contributed by atoms with van der Waals surface area (Å²) in [5, 5.41) is 20.2. The van der Waals surface area contributed by atoms with Crippen molar-refractivity contribution in [1.82, 2.24) is 14.9 Å². The van der Waals surface area contributed by atoms with Crippen molar-refractivity contribution >= 4 is 24.1 Å². The Labute approximate surface area is 147 Å². The summed E-state index contributed by atoms with van der Waals surface area (Å²) in [6.45, 7) is 6.91. The number of nitrogens with one attached hydrogen (secondary N) is 1. The third-order valence-corrected chi connectivity index (χ3v) is 3.80. The van der Waals surface area contributed by atoms with E-state index >= 15 is 0 Å². The van der Waals surface area contributed by atoms with E-state index in [0.717, 1.165) is 17.1 Å². The molecule has 2 rings (SSSR count). The Morgan fingerprint density at radius 1 is 1.38 bits per heavy atom. The van der Waals surface area contributed by atoms with E-state index in [1.807, 2.05) is 36.2 Å².